The molecule has 0 unspecified atom stereocenters. The van der Waals surface area contributed by atoms with Crippen LogP contribution < -0.4 is 11.1 Å². The van der Waals surface area contributed by atoms with Gasteiger partial charge in [0.2, 0.25) is 0 Å². The van der Waals surface area contributed by atoms with Gasteiger partial charge in [-0.05, 0) is 31.9 Å². The molecule has 3 N–H and O–H groups in total. The van der Waals surface area contributed by atoms with E-state index in [9.17, 15) is 4.79 Å². The molecule has 27 heavy (non-hydrogen) atoms. The summed E-state index contributed by atoms with van der Waals surface area (Å²) < 4.78 is 6.91. The van der Waals surface area contributed by atoms with E-state index in [1.54, 1.807) is 11.2 Å². The molecule has 0 atom stereocenters. The van der Waals surface area contributed by atoms with Gasteiger partial charge in [-0.2, -0.15) is 0 Å². The zero-order chi connectivity index (χ0) is 19.1. The monoisotopic (exact) mass is 371 g/mol. The number of ether oxygens (including phenoxy) is 1. The zero-order valence-electron chi connectivity index (χ0n) is 15.4. The Morgan fingerprint density at radius 3 is 2.78 bits per heavy atom. The lowest BCUT2D eigenvalue weighted by molar-refractivity contribution is 0.0963. The second kappa shape index (κ2) is 9.02. The first-order chi connectivity index (χ1) is 13.2. The highest BCUT2D eigenvalue weighted by Gasteiger charge is 2.23. The highest BCUT2D eigenvalue weighted by atomic mass is 16.6. The predicted octanol–water partition coefficient (Wildman–Crippen LogP) is 1.29. The third kappa shape index (κ3) is 4.96. The average Bonchev–Trinajstić information content (AvgIpc) is 3.16. The molecule has 9 heteroatoms. The van der Waals surface area contributed by atoms with Gasteiger partial charge < -0.3 is 20.7 Å². The number of aromatic nitrogens is 3. The molecule has 0 aliphatic carbocycles. The lowest BCUT2D eigenvalue weighted by Gasteiger charge is -2.31. The molecule has 3 rings (SSSR count). The van der Waals surface area contributed by atoms with Crippen LogP contribution in [0.15, 0.2) is 41.7 Å². The molecule has 1 aliphatic rings. The molecule has 2 aromatic rings. The van der Waals surface area contributed by atoms with E-state index in [0.717, 1.165) is 18.5 Å². The fourth-order valence-corrected chi connectivity index (χ4v) is 3.00. The summed E-state index contributed by atoms with van der Waals surface area (Å²) in [6.45, 7) is 3.82. The first-order valence-corrected chi connectivity index (χ1v) is 9.10. The van der Waals surface area contributed by atoms with Crippen molar-refractivity contribution >= 4 is 12.1 Å². The number of hydrogen-bond donors (Lipinski definition) is 2. The number of carbonyl (C=O) groups excluding carboxylic acids is 1. The van der Waals surface area contributed by atoms with Crippen molar-refractivity contribution in [1.82, 2.24) is 25.0 Å². The fraction of sp³-hybridized carbons (Fsp3) is 0.444. The molecule has 0 radical (unpaired) electrons. The Bertz CT molecular complexity index is 767. The summed E-state index contributed by atoms with van der Waals surface area (Å²) in [5.74, 6) is 1.08. The van der Waals surface area contributed by atoms with Crippen LogP contribution in [0.3, 0.4) is 0 Å². The summed E-state index contributed by atoms with van der Waals surface area (Å²) >= 11 is 0. The molecule has 0 spiro atoms. The number of piperidine rings is 1. The van der Waals surface area contributed by atoms with Gasteiger partial charge in [0.05, 0.1) is 6.61 Å². The van der Waals surface area contributed by atoms with Crippen molar-refractivity contribution in [2.45, 2.75) is 32.4 Å². The number of guanidine groups is 1. The van der Waals surface area contributed by atoms with Crippen LogP contribution in [-0.2, 0) is 11.3 Å². The molecular formula is C18H25N7O2. The highest BCUT2D eigenvalue weighted by molar-refractivity contribution is 5.78. The van der Waals surface area contributed by atoms with Crippen molar-refractivity contribution in [2.75, 3.05) is 19.7 Å². The third-order valence-electron chi connectivity index (χ3n) is 4.42. The van der Waals surface area contributed by atoms with E-state index in [1.165, 1.54) is 0 Å². The smallest absolute Gasteiger partial charge is 0.409 e. The number of para-hydroxylation sites is 1. The second-order valence-electron chi connectivity index (χ2n) is 6.26. The van der Waals surface area contributed by atoms with E-state index in [0.29, 0.717) is 38.0 Å². The van der Waals surface area contributed by atoms with E-state index in [-0.39, 0.29) is 12.1 Å². The fourth-order valence-electron chi connectivity index (χ4n) is 3.00. The van der Waals surface area contributed by atoms with Gasteiger partial charge >= 0.3 is 6.09 Å². The molecule has 0 saturated carbocycles. The van der Waals surface area contributed by atoms with Crippen molar-refractivity contribution < 1.29 is 9.53 Å². The van der Waals surface area contributed by atoms with E-state index >= 15 is 0 Å². The summed E-state index contributed by atoms with van der Waals surface area (Å²) in [6.07, 6.45) is 3.01. The predicted molar refractivity (Wildman–Crippen MR) is 101 cm³/mol. The topological polar surface area (TPSA) is 111 Å². The van der Waals surface area contributed by atoms with Gasteiger partial charge in [-0.15, -0.1) is 10.2 Å². The van der Waals surface area contributed by atoms with Crippen LogP contribution in [0.4, 0.5) is 4.79 Å². The standard InChI is InChI=1S/C18H25N7O2/c1-2-27-18(26)24-10-8-14(9-11-24)22-17(19)20-12-16-23-21-13-25(16)15-6-4-3-5-7-15/h3-7,13-14H,2,8-12H2,1H3,(H3,19,20,22). The van der Waals surface area contributed by atoms with Crippen LogP contribution >= 0.6 is 0 Å². The molecule has 1 aromatic carbocycles. The van der Waals surface area contributed by atoms with Gasteiger partial charge in [0.15, 0.2) is 11.8 Å². The van der Waals surface area contributed by atoms with Crippen LogP contribution in [0, 0.1) is 0 Å². The molecule has 1 fully saturated rings. The van der Waals surface area contributed by atoms with E-state index in [4.69, 9.17) is 10.5 Å². The Morgan fingerprint density at radius 2 is 2.07 bits per heavy atom. The summed E-state index contributed by atoms with van der Waals surface area (Å²) in [5.41, 5.74) is 7.01. The van der Waals surface area contributed by atoms with Crippen LogP contribution in [-0.4, -0.2) is 57.5 Å². The molecule has 1 saturated heterocycles. The normalized spacial score (nSPS) is 15.6. The summed E-state index contributed by atoms with van der Waals surface area (Å²) in [4.78, 5) is 17.8. The summed E-state index contributed by atoms with van der Waals surface area (Å²) in [5, 5.41) is 11.3. The maximum Gasteiger partial charge on any atom is 0.409 e. The molecule has 1 aliphatic heterocycles. The molecule has 0 bridgehead atoms. The molecular weight excluding hydrogens is 346 g/mol. The van der Waals surface area contributed by atoms with Crippen molar-refractivity contribution in [1.29, 1.82) is 0 Å². The Balaban J connectivity index is 1.51. The number of amides is 1. The number of benzene rings is 1. The number of aliphatic imine (C=N–C) groups is 1. The number of likely N-dealkylation sites (tertiary alicyclic amines) is 1. The Kier molecular flexibility index (Phi) is 6.24. The first kappa shape index (κ1) is 18.7. The quantitative estimate of drug-likeness (QED) is 0.605. The lowest BCUT2D eigenvalue weighted by Crippen LogP contribution is -2.48. The Labute approximate surface area is 158 Å². The largest absolute Gasteiger partial charge is 0.450 e. The second-order valence-corrected chi connectivity index (χ2v) is 6.26. The minimum atomic E-state index is -0.252. The van der Waals surface area contributed by atoms with Crippen LogP contribution in [0.2, 0.25) is 0 Å². The summed E-state index contributed by atoms with van der Waals surface area (Å²) in [6, 6.07) is 10.0. The van der Waals surface area contributed by atoms with Crippen molar-refractivity contribution in [3.05, 3.63) is 42.5 Å². The summed E-state index contributed by atoms with van der Waals surface area (Å²) in [7, 11) is 0. The number of nitrogens with zero attached hydrogens (tertiary/aromatic N) is 5. The maximum atomic E-state index is 11.7. The molecule has 144 valence electrons. The van der Waals surface area contributed by atoms with Gasteiger partial charge in [-0.25, -0.2) is 9.79 Å². The molecule has 1 amide bonds. The van der Waals surface area contributed by atoms with Gasteiger partial charge in [0.1, 0.15) is 12.9 Å². The number of hydrogen-bond acceptors (Lipinski definition) is 5. The zero-order valence-corrected chi connectivity index (χ0v) is 15.4. The van der Waals surface area contributed by atoms with Crippen LogP contribution in [0.25, 0.3) is 5.69 Å². The number of nitrogens with two attached hydrogens (primary N) is 1. The van der Waals surface area contributed by atoms with Crippen LogP contribution in [0.5, 0.6) is 0 Å². The third-order valence-corrected chi connectivity index (χ3v) is 4.42. The van der Waals surface area contributed by atoms with Crippen LogP contribution in [0.1, 0.15) is 25.6 Å². The molecule has 9 nitrogen and oxygen atoms in total. The number of carbonyl (C=O) groups is 1. The number of rotatable bonds is 5. The van der Waals surface area contributed by atoms with Crippen molar-refractivity contribution in [3.63, 3.8) is 0 Å². The molecule has 2 heterocycles. The average molecular weight is 371 g/mol. The van der Waals surface area contributed by atoms with Gasteiger partial charge in [0.25, 0.3) is 0 Å². The van der Waals surface area contributed by atoms with Crippen molar-refractivity contribution in [3.8, 4) is 5.69 Å². The first-order valence-electron chi connectivity index (χ1n) is 9.10. The minimum absolute atomic E-state index is 0.186. The highest BCUT2D eigenvalue weighted by Crippen LogP contribution is 2.12. The lowest BCUT2D eigenvalue weighted by atomic mass is 10.1. The van der Waals surface area contributed by atoms with Gasteiger partial charge in [0, 0.05) is 24.8 Å². The van der Waals surface area contributed by atoms with Gasteiger partial charge in [-0.1, -0.05) is 18.2 Å². The number of nitrogens with one attached hydrogen (secondary N) is 1. The van der Waals surface area contributed by atoms with E-state index in [1.807, 2.05) is 41.8 Å². The van der Waals surface area contributed by atoms with Gasteiger partial charge in [-0.3, -0.25) is 4.57 Å². The SMILES string of the molecule is CCOC(=O)N1CCC(NC(N)=NCc2nncn2-c2ccccc2)CC1. The van der Waals surface area contributed by atoms with E-state index in [2.05, 4.69) is 20.5 Å². The van der Waals surface area contributed by atoms with E-state index < -0.39 is 0 Å². The van der Waals surface area contributed by atoms with Crippen molar-refractivity contribution in [2.24, 2.45) is 10.7 Å². The maximum absolute atomic E-state index is 11.7. The Morgan fingerprint density at radius 1 is 1.33 bits per heavy atom. The molecule has 1 aromatic heterocycles. The Hall–Kier alpha value is -3.10. The minimum Gasteiger partial charge on any atom is -0.450 e.